The van der Waals surface area contributed by atoms with Crippen molar-refractivity contribution in [2.45, 2.75) is 24.0 Å². The van der Waals surface area contributed by atoms with Crippen molar-refractivity contribution < 1.29 is 28.2 Å². The van der Waals surface area contributed by atoms with Gasteiger partial charge in [0.2, 0.25) is 10.0 Å². The quantitative estimate of drug-likeness (QED) is 0.698. The number of para-hydroxylation sites is 1. The van der Waals surface area contributed by atoms with Gasteiger partial charge in [-0.25, -0.2) is 8.42 Å². The molecule has 24 heavy (non-hydrogen) atoms. The average Bonchev–Trinajstić information content (AvgIpc) is 2.54. The fourth-order valence-electron chi connectivity index (χ4n) is 1.90. The second kappa shape index (κ2) is 7.43. The largest absolute Gasteiger partial charge is 0.480 e. The van der Waals surface area contributed by atoms with Gasteiger partial charge in [-0.15, -0.1) is 0 Å². The molecule has 2 aromatic rings. The van der Waals surface area contributed by atoms with Crippen LogP contribution in [0.4, 0.5) is 0 Å². The Morgan fingerprint density at radius 3 is 2.08 bits per heavy atom. The highest BCUT2D eigenvalue weighted by Gasteiger charge is 2.29. The van der Waals surface area contributed by atoms with Gasteiger partial charge in [-0.2, -0.15) is 4.72 Å². The molecule has 0 spiro atoms. The zero-order valence-corrected chi connectivity index (χ0v) is 13.6. The van der Waals surface area contributed by atoms with Crippen LogP contribution in [0.15, 0.2) is 59.5 Å². The standard InChI is InChI=1S/C16H17NO6S/c1-11(18)15(16(19)20)17-24(21,22)14-9-7-13(8-10-14)23-12-5-3-2-4-6-12/h2-11,15,17-18H,1H3,(H,19,20)/t11-,15-/m0/s1. The topological polar surface area (TPSA) is 113 Å². The van der Waals surface area contributed by atoms with Gasteiger partial charge >= 0.3 is 5.97 Å². The van der Waals surface area contributed by atoms with Crippen molar-refractivity contribution in [3.8, 4) is 11.5 Å². The third kappa shape index (κ3) is 4.54. The van der Waals surface area contributed by atoms with Crippen LogP contribution in [-0.4, -0.2) is 36.7 Å². The van der Waals surface area contributed by atoms with Gasteiger partial charge in [-0.05, 0) is 43.3 Å². The summed E-state index contributed by atoms with van der Waals surface area (Å²) < 4.78 is 31.9. The summed E-state index contributed by atoms with van der Waals surface area (Å²) in [6.45, 7) is 1.19. The predicted octanol–water partition coefficient (Wildman–Crippen LogP) is 1.59. The first-order valence-corrected chi connectivity index (χ1v) is 8.54. The molecule has 3 N–H and O–H groups in total. The van der Waals surface area contributed by atoms with E-state index in [1.165, 1.54) is 31.2 Å². The Hall–Kier alpha value is -2.42. The number of ether oxygens (including phenoxy) is 1. The molecule has 0 aliphatic heterocycles. The molecule has 0 unspecified atom stereocenters. The predicted molar refractivity (Wildman–Crippen MR) is 86.4 cm³/mol. The molecule has 2 atom stereocenters. The number of sulfonamides is 1. The molecule has 7 nitrogen and oxygen atoms in total. The number of rotatable bonds is 7. The number of carboxylic acid groups (broad SMARTS) is 1. The van der Waals surface area contributed by atoms with Crippen LogP contribution in [0.1, 0.15) is 6.92 Å². The Morgan fingerprint density at radius 2 is 1.58 bits per heavy atom. The first-order chi connectivity index (χ1) is 11.3. The number of hydrogen-bond donors (Lipinski definition) is 3. The molecule has 0 radical (unpaired) electrons. The minimum atomic E-state index is -4.09. The van der Waals surface area contributed by atoms with E-state index < -0.39 is 28.1 Å². The van der Waals surface area contributed by atoms with E-state index in [-0.39, 0.29) is 4.90 Å². The Balaban J connectivity index is 2.15. The molecule has 0 heterocycles. The summed E-state index contributed by atoms with van der Waals surface area (Å²) in [5, 5.41) is 18.3. The number of carboxylic acids is 1. The van der Waals surface area contributed by atoms with E-state index in [1.54, 1.807) is 24.3 Å². The Labute approximate surface area is 139 Å². The second-order valence-electron chi connectivity index (χ2n) is 5.06. The zero-order valence-electron chi connectivity index (χ0n) is 12.8. The summed E-state index contributed by atoms with van der Waals surface area (Å²) in [7, 11) is -4.09. The van der Waals surface area contributed by atoms with E-state index in [9.17, 15) is 18.3 Å². The van der Waals surface area contributed by atoms with E-state index in [2.05, 4.69) is 0 Å². The lowest BCUT2D eigenvalue weighted by Crippen LogP contribution is -2.47. The molecular formula is C16H17NO6S. The molecular weight excluding hydrogens is 334 g/mol. The van der Waals surface area contributed by atoms with Crippen molar-refractivity contribution in [2.75, 3.05) is 0 Å². The van der Waals surface area contributed by atoms with E-state index in [0.717, 1.165) is 0 Å². The van der Waals surface area contributed by atoms with Crippen LogP contribution in [0, 0.1) is 0 Å². The first-order valence-electron chi connectivity index (χ1n) is 7.06. The van der Waals surface area contributed by atoms with Crippen LogP contribution in [-0.2, 0) is 14.8 Å². The summed E-state index contributed by atoms with van der Waals surface area (Å²) in [6, 6.07) is 12.8. The molecule has 0 fully saturated rings. The number of benzene rings is 2. The number of aliphatic carboxylic acids is 1. The van der Waals surface area contributed by atoms with Crippen LogP contribution < -0.4 is 9.46 Å². The lowest BCUT2D eigenvalue weighted by atomic mass is 10.2. The molecule has 0 bridgehead atoms. The van der Waals surface area contributed by atoms with Gasteiger partial charge < -0.3 is 14.9 Å². The molecule has 2 rings (SSSR count). The molecule has 8 heteroatoms. The van der Waals surface area contributed by atoms with E-state index in [1.807, 2.05) is 10.8 Å². The third-order valence-corrected chi connectivity index (χ3v) is 4.60. The molecule has 0 aromatic heterocycles. The van der Waals surface area contributed by atoms with Crippen LogP contribution in [0.5, 0.6) is 11.5 Å². The highest BCUT2D eigenvalue weighted by Crippen LogP contribution is 2.22. The van der Waals surface area contributed by atoms with E-state index >= 15 is 0 Å². The number of hydrogen-bond acceptors (Lipinski definition) is 5. The number of aliphatic hydroxyl groups is 1. The SMILES string of the molecule is C[C@H](O)[C@H](NS(=O)(=O)c1ccc(Oc2ccccc2)cc1)C(=O)O. The smallest absolute Gasteiger partial charge is 0.324 e. The van der Waals surface area contributed by atoms with Crippen molar-refractivity contribution in [3.05, 3.63) is 54.6 Å². The number of nitrogens with one attached hydrogen (secondary N) is 1. The summed E-state index contributed by atoms with van der Waals surface area (Å²) in [6.07, 6.45) is -1.38. The van der Waals surface area contributed by atoms with Crippen LogP contribution in [0.3, 0.4) is 0 Å². The minimum Gasteiger partial charge on any atom is -0.480 e. The van der Waals surface area contributed by atoms with Crippen LogP contribution >= 0.6 is 0 Å². The summed E-state index contributed by atoms with van der Waals surface area (Å²) in [5.41, 5.74) is 0. The normalized spacial score (nSPS) is 13.9. The number of aliphatic hydroxyl groups excluding tert-OH is 1. The van der Waals surface area contributed by atoms with Gasteiger partial charge in [0.05, 0.1) is 11.0 Å². The lowest BCUT2D eigenvalue weighted by molar-refractivity contribution is -0.141. The maximum Gasteiger partial charge on any atom is 0.324 e. The second-order valence-corrected chi connectivity index (χ2v) is 6.78. The van der Waals surface area contributed by atoms with Gasteiger partial charge in [-0.3, -0.25) is 4.79 Å². The fourth-order valence-corrected chi connectivity index (χ4v) is 3.16. The maximum atomic E-state index is 12.2. The molecule has 128 valence electrons. The van der Waals surface area contributed by atoms with Crippen LogP contribution in [0.25, 0.3) is 0 Å². The minimum absolute atomic E-state index is 0.130. The molecule has 0 aliphatic rings. The van der Waals surface area contributed by atoms with Gasteiger partial charge in [0.25, 0.3) is 0 Å². The fraction of sp³-hybridized carbons (Fsp3) is 0.188. The molecule has 0 saturated heterocycles. The molecule has 0 saturated carbocycles. The Bertz CT molecular complexity index is 787. The summed E-state index contributed by atoms with van der Waals surface area (Å²) in [5.74, 6) is -0.422. The van der Waals surface area contributed by atoms with Gasteiger partial charge in [0.1, 0.15) is 17.5 Å². The summed E-state index contributed by atoms with van der Waals surface area (Å²) >= 11 is 0. The van der Waals surface area contributed by atoms with E-state index in [0.29, 0.717) is 11.5 Å². The van der Waals surface area contributed by atoms with Crippen molar-refractivity contribution in [1.29, 1.82) is 0 Å². The van der Waals surface area contributed by atoms with Gasteiger partial charge in [-0.1, -0.05) is 18.2 Å². The lowest BCUT2D eigenvalue weighted by Gasteiger charge is -2.17. The van der Waals surface area contributed by atoms with Crippen molar-refractivity contribution >= 4 is 16.0 Å². The number of carbonyl (C=O) groups is 1. The van der Waals surface area contributed by atoms with Crippen molar-refractivity contribution in [1.82, 2.24) is 4.72 Å². The Kier molecular flexibility index (Phi) is 5.55. The van der Waals surface area contributed by atoms with Gasteiger partial charge in [0.15, 0.2) is 0 Å². The first kappa shape index (κ1) is 17.9. The highest BCUT2D eigenvalue weighted by molar-refractivity contribution is 7.89. The Morgan fingerprint density at radius 1 is 1.04 bits per heavy atom. The van der Waals surface area contributed by atoms with Gasteiger partial charge in [0, 0.05) is 0 Å². The van der Waals surface area contributed by atoms with Crippen molar-refractivity contribution in [2.24, 2.45) is 0 Å². The molecule has 2 aromatic carbocycles. The summed E-state index contributed by atoms with van der Waals surface area (Å²) in [4.78, 5) is 10.9. The average molecular weight is 351 g/mol. The highest BCUT2D eigenvalue weighted by atomic mass is 32.2. The van der Waals surface area contributed by atoms with E-state index in [4.69, 9.17) is 9.84 Å². The van der Waals surface area contributed by atoms with Crippen molar-refractivity contribution in [3.63, 3.8) is 0 Å². The third-order valence-electron chi connectivity index (χ3n) is 3.14. The molecule has 0 aliphatic carbocycles. The molecule has 0 amide bonds. The zero-order chi connectivity index (χ0) is 17.7. The van der Waals surface area contributed by atoms with Crippen LogP contribution in [0.2, 0.25) is 0 Å². The monoisotopic (exact) mass is 351 g/mol. The maximum absolute atomic E-state index is 12.2.